The number of hydrogen-bond donors (Lipinski definition) is 1. The highest BCUT2D eigenvalue weighted by Crippen LogP contribution is 2.19. The van der Waals surface area contributed by atoms with Crippen LogP contribution >= 0.6 is 0 Å². The highest BCUT2D eigenvalue weighted by Gasteiger charge is 2.10. The summed E-state index contributed by atoms with van der Waals surface area (Å²) in [5.41, 5.74) is 2.71. The van der Waals surface area contributed by atoms with Crippen molar-refractivity contribution in [1.82, 2.24) is 9.97 Å². The van der Waals surface area contributed by atoms with Crippen LogP contribution in [0.15, 0.2) is 24.3 Å². The molecule has 0 atom stereocenters. The van der Waals surface area contributed by atoms with E-state index in [9.17, 15) is 0 Å². The molecule has 0 unspecified atom stereocenters. The van der Waals surface area contributed by atoms with Crippen LogP contribution in [0.25, 0.3) is 11.0 Å². The van der Waals surface area contributed by atoms with Gasteiger partial charge in [0.1, 0.15) is 0 Å². The maximum absolute atomic E-state index is 9.04. The molecule has 4 nitrogen and oxygen atoms in total. The second-order valence-electron chi connectivity index (χ2n) is 3.92. The van der Waals surface area contributed by atoms with E-state index in [1.54, 1.807) is 0 Å². The molecule has 2 rings (SSSR count). The summed E-state index contributed by atoms with van der Waals surface area (Å²) in [6.07, 6.45) is 0. The Bertz CT molecular complexity index is 513. The topological polar surface area (TPSA) is 49.2 Å². The largest absolute Gasteiger partial charge is 0.395 e. The lowest BCUT2D eigenvalue weighted by Gasteiger charge is -2.22. The molecular formula is C13H17N3O. The summed E-state index contributed by atoms with van der Waals surface area (Å²) in [4.78, 5) is 11.2. The first-order valence-corrected chi connectivity index (χ1v) is 5.85. The van der Waals surface area contributed by atoms with E-state index in [0.29, 0.717) is 6.54 Å². The maximum Gasteiger partial charge on any atom is 0.150 e. The Balaban J connectivity index is 2.49. The SMILES string of the molecule is CCN(CCO)c1nc2ccccc2nc1C. The van der Waals surface area contributed by atoms with Crippen LogP contribution in [0.4, 0.5) is 5.82 Å². The first-order chi connectivity index (χ1) is 8.26. The molecule has 1 aromatic carbocycles. The number of hydrogen-bond acceptors (Lipinski definition) is 4. The van der Waals surface area contributed by atoms with Crippen molar-refractivity contribution in [3.8, 4) is 0 Å². The van der Waals surface area contributed by atoms with E-state index in [1.807, 2.05) is 43.0 Å². The van der Waals surface area contributed by atoms with Crippen molar-refractivity contribution in [3.05, 3.63) is 30.0 Å². The molecule has 0 aliphatic heterocycles. The molecule has 0 amide bonds. The van der Waals surface area contributed by atoms with E-state index >= 15 is 0 Å². The van der Waals surface area contributed by atoms with E-state index in [1.165, 1.54) is 0 Å². The fraction of sp³-hybridized carbons (Fsp3) is 0.385. The van der Waals surface area contributed by atoms with Crippen LogP contribution < -0.4 is 4.90 Å². The molecule has 4 heteroatoms. The van der Waals surface area contributed by atoms with Gasteiger partial charge in [0.2, 0.25) is 0 Å². The zero-order valence-corrected chi connectivity index (χ0v) is 10.2. The number of aromatic nitrogens is 2. The average Bonchev–Trinajstić information content (AvgIpc) is 2.35. The van der Waals surface area contributed by atoms with Gasteiger partial charge in [0.15, 0.2) is 5.82 Å². The van der Waals surface area contributed by atoms with Crippen LogP contribution in [0.2, 0.25) is 0 Å². The second kappa shape index (κ2) is 5.10. The Kier molecular flexibility index (Phi) is 3.54. The van der Waals surface area contributed by atoms with Crippen LogP contribution in [0.1, 0.15) is 12.6 Å². The number of aryl methyl sites for hydroxylation is 1. The van der Waals surface area contributed by atoms with Gasteiger partial charge < -0.3 is 10.0 Å². The number of fused-ring (bicyclic) bond motifs is 1. The van der Waals surface area contributed by atoms with Crippen molar-refractivity contribution >= 4 is 16.9 Å². The minimum Gasteiger partial charge on any atom is -0.395 e. The van der Waals surface area contributed by atoms with Gasteiger partial charge in [-0.1, -0.05) is 12.1 Å². The predicted octanol–water partition coefficient (Wildman–Crippen LogP) is 1.76. The fourth-order valence-corrected chi connectivity index (χ4v) is 1.91. The van der Waals surface area contributed by atoms with Crippen LogP contribution in [-0.2, 0) is 0 Å². The highest BCUT2D eigenvalue weighted by molar-refractivity contribution is 5.76. The minimum absolute atomic E-state index is 0.127. The molecule has 0 saturated carbocycles. The molecule has 1 N–H and O–H groups in total. The number of anilines is 1. The number of aliphatic hydroxyl groups is 1. The molecule has 0 aliphatic carbocycles. The normalized spacial score (nSPS) is 10.8. The number of likely N-dealkylation sites (N-methyl/N-ethyl adjacent to an activating group) is 1. The molecule has 90 valence electrons. The van der Waals surface area contributed by atoms with Gasteiger partial charge in [-0.25, -0.2) is 9.97 Å². The molecule has 1 heterocycles. The monoisotopic (exact) mass is 231 g/mol. The summed E-state index contributed by atoms with van der Waals surface area (Å²) >= 11 is 0. The number of para-hydroxylation sites is 2. The van der Waals surface area contributed by atoms with Crippen LogP contribution in [0.5, 0.6) is 0 Å². The second-order valence-corrected chi connectivity index (χ2v) is 3.92. The maximum atomic E-state index is 9.04. The molecule has 0 fully saturated rings. The van der Waals surface area contributed by atoms with Crippen molar-refractivity contribution in [2.75, 3.05) is 24.6 Å². The Morgan fingerprint density at radius 3 is 2.41 bits per heavy atom. The standard InChI is InChI=1S/C13H17N3O/c1-3-16(8-9-17)13-10(2)14-11-6-4-5-7-12(11)15-13/h4-7,17H,3,8-9H2,1-2H3. The first-order valence-electron chi connectivity index (χ1n) is 5.85. The fourth-order valence-electron chi connectivity index (χ4n) is 1.91. The molecule has 0 spiro atoms. The number of nitrogens with zero attached hydrogens (tertiary/aromatic N) is 3. The number of benzene rings is 1. The molecule has 2 aromatic rings. The summed E-state index contributed by atoms with van der Waals surface area (Å²) in [5, 5.41) is 9.04. The van der Waals surface area contributed by atoms with Crippen molar-refractivity contribution in [2.24, 2.45) is 0 Å². The van der Waals surface area contributed by atoms with Gasteiger partial charge in [-0.05, 0) is 26.0 Å². The van der Waals surface area contributed by atoms with Crippen molar-refractivity contribution in [3.63, 3.8) is 0 Å². The Morgan fingerprint density at radius 1 is 1.18 bits per heavy atom. The summed E-state index contributed by atoms with van der Waals surface area (Å²) < 4.78 is 0. The quantitative estimate of drug-likeness (QED) is 0.871. The molecular weight excluding hydrogens is 214 g/mol. The smallest absolute Gasteiger partial charge is 0.150 e. The average molecular weight is 231 g/mol. The summed E-state index contributed by atoms with van der Waals surface area (Å²) in [5.74, 6) is 0.861. The van der Waals surface area contributed by atoms with Gasteiger partial charge in [-0.2, -0.15) is 0 Å². The third kappa shape index (κ3) is 2.36. The zero-order chi connectivity index (χ0) is 12.3. The molecule has 17 heavy (non-hydrogen) atoms. The van der Waals surface area contributed by atoms with Crippen LogP contribution in [-0.4, -0.2) is 34.8 Å². The molecule has 0 bridgehead atoms. The summed E-state index contributed by atoms with van der Waals surface area (Å²) in [7, 11) is 0. The van der Waals surface area contributed by atoms with Crippen molar-refractivity contribution in [1.29, 1.82) is 0 Å². The van der Waals surface area contributed by atoms with Crippen molar-refractivity contribution in [2.45, 2.75) is 13.8 Å². The summed E-state index contributed by atoms with van der Waals surface area (Å²) in [6.45, 7) is 5.53. The number of aliphatic hydroxyl groups excluding tert-OH is 1. The van der Waals surface area contributed by atoms with Crippen LogP contribution in [0, 0.1) is 6.92 Å². The lowest BCUT2D eigenvalue weighted by Crippen LogP contribution is -2.28. The van der Waals surface area contributed by atoms with E-state index in [2.05, 4.69) is 9.97 Å². The third-order valence-electron chi connectivity index (χ3n) is 2.77. The highest BCUT2D eigenvalue weighted by atomic mass is 16.3. The lowest BCUT2D eigenvalue weighted by atomic mass is 10.3. The predicted molar refractivity (Wildman–Crippen MR) is 69.2 cm³/mol. The van der Waals surface area contributed by atoms with Gasteiger partial charge >= 0.3 is 0 Å². The Hall–Kier alpha value is -1.68. The van der Waals surface area contributed by atoms with Gasteiger partial charge in [0.05, 0.1) is 23.3 Å². The van der Waals surface area contributed by atoms with Gasteiger partial charge in [-0.15, -0.1) is 0 Å². The minimum atomic E-state index is 0.127. The van der Waals surface area contributed by atoms with Gasteiger partial charge in [0.25, 0.3) is 0 Å². The number of rotatable bonds is 4. The summed E-state index contributed by atoms with van der Waals surface area (Å²) in [6, 6.07) is 7.83. The van der Waals surface area contributed by atoms with Gasteiger partial charge in [-0.3, -0.25) is 0 Å². The van der Waals surface area contributed by atoms with E-state index in [-0.39, 0.29) is 6.61 Å². The van der Waals surface area contributed by atoms with Crippen LogP contribution in [0.3, 0.4) is 0 Å². The van der Waals surface area contributed by atoms with E-state index in [0.717, 1.165) is 29.1 Å². The first kappa shape index (κ1) is 11.8. The Morgan fingerprint density at radius 2 is 1.82 bits per heavy atom. The van der Waals surface area contributed by atoms with E-state index in [4.69, 9.17) is 5.11 Å². The zero-order valence-electron chi connectivity index (χ0n) is 10.2. The van der Waals surface area contributed by atoms with E-state index < -0.39 is 0 Å². The van der Waals surface area contributed by atoms with Crippen molar-refractivity contribution < 1.29 is 5.11 Å². The lowest BCUT2D eigenvalue weighted by molar-refractivity contribution is 0.302. The third-order valence-corrected chi connectivity index (χ3v) is 2.77. The molecule has 0 saturated heterocycles. The van der Waals surface area contributed by atoms with Gasteiger partial charge in [0, 0.05) is 13.1 Å². The molecule has 1 aromatic heterocycles. The Labute approximate surface area is 101 Å². The molecule has 0 aliphatic rings. The molecule has 0 radical (unpaired) electrons.